The summed E-state index contributed by atoms with van der Waals surface area (Å²) < 4.78 is 80.4. The standard InChI is InChI=1S/C23H27N2O.2BF4/c1-6-24-15(2)23(4,5)20-14-18(8-10-22(20)24)17-7-9-21-19(13-17)11-12-25(21)16(3)26;2*2-1(3,4)5/h7-10,13-14H,6,11-12H2,1-5H3;;/q+1;2*-1/p+1. The molecule has 2 heterocycles. The molecule has 0 fully saturated rings. The monoisotopic (exact) mass is 522 g/mol. The van der Waals surface area contributed by atoms with Crippen molar-refractivity contribution in [1.82, 2.24) is 0 Å². The number of carbonyl (C=O) groups excluding carboxylic acids is 1. The number of hydrogen-bond donors (Lipinski definition) is 1. The molecule has 0 aliphatic carbocycles. The fourth-order valence-electron chi connectivity index (χ4n) is 4.61. The third-order valence-electron chi connectivity index (χ3n) is 6.42. The van der Waals surface area contributed by atoms with Gasteiger partial charge < -0.3 is 34.5 Å². The Hall–Kier alpha value is -2.69. The van der Waals surface area contributed by atoms with Crippen LogP contribution in [0, 0.1) is 0 Å². The van der Waals surface area contributed by atoms with Crippen molar-refractivity contribution in [2.24, 2.45) is 0 Å². The minimum Gasteiger partial charge on any atom is -0.418 e. The van der Waals surface area contributed by atoms with Crippen LogP contribution in [0.5, 0.6) is 0 Å². The summed E-state index contributed by atoms with van der Waals surface area (Å²) in [5, 5.41) is 0. The number of quaternary nitrogens is 1. The predicted octanol–water partition coefficient (Wildman–Crippen LogP) is 5.99. The second kappa shape index (κ2) is 10.7. The number of hydrogen-bond acceptors (Lipinski definition) is 1. The van der Waals surface area contributed by atoms with Crippen molar-refractivity contribution < 1.29 is 48.8 Å². The van der Waals surface area contributed by atoms with Crippen LogP contribution in [0.15, 0.2) is 36.4 Å². The van der Waals surface area contributed by atoms with Gasteiger partial charge in [0, 0.05) is 36.6 Å². The number of amides is 1. The molecule has 36 heavy (non-hydrogen) atoms. The second-order valence-electron chi connectivity index (χ2n) is 9.08. The third kappa shape index (κ3) is 7.41. The van der Waals surface area contributed by atoms with E-state index in [4.69, 9.17) is 0 Å². The lowest BCUT2D eigenvalue weighted by Crippen LogP contribution is -3.08. The summed E-state index contributed by atoms with van der Waals surface area (Å²) in [5.41, 5.74) is 9.21. The van der Waals surface area contributed by atoms with Crippen LogP contribution in [0.2, 0.25) is 0 Å². The molecule has 2 aromatic rings. The highest BCUT2D eigenvalue weighted by atomic mass is 19.5. The first kappa shape index (κ1) is 29.5. The van der Waals surface area contributed by atoms with Crippen molar-refractivity contribution >= 4 is 37.5 Å². The SMILES string of the molecule is CC[N+]1=C(C)C(C)(C)c2cc(-c3ccc4c(c3)CC[NH+]4C(C)=O)ccc21.F[B-](F)(F)F.F[B-](F)(F)F. The van der Waals surface area contributed by atoms with Crippen molar-refractivity contribution in [2.45, 2.75) is 46.5 Å². The summed E-state index contributed by atoms with van der Waals surface area (Å²) in [6.07, 6.45) is 0.977. The molecule has 2 aliphatic rings. The average Bonchev–Trinajstić information content (AvgIpc) is 3.22. The zero-order chi connectivity index (χ0) is 27.6. The van der Waals surface area contributed by atoms with Crippen LogP contribution in [0.4, 0.5) is 45.9 Å². The summed E-state index contributed by atoms with van der Waals surface area (Å²) >= 11 is 0. The number of nitrogens with zero attached hydrogens (tertiary/aromatic N) is 1. The zero-order valence-electron chi connectivity index (χ0n) is 20.6. The smallest absolute Gasteiger partial charge is 0.418 e. The molecule has 0 saturated carbocycles. The molecule has 13 heteroatoms. The Bertz CT molecular complexity index is 1140. The van der Waals surface area contributed by atoms with Gasteiger partial charge in [-0.1, -0.05) is 0 Å². The Morgan fingerprint density at radius 3 is 1.94 bits per heavy atom. The lowest BCUT2D eigenvalue weighted by molar-refractivity contribution is -0.741. The minimum atomic E-state index is -6.00. The second-order valence-corrected chi connectivity index (χ2v) is 9.08. The minimum absolute atomic E-state index is 0.0632. The van der Waals surface area contributed by atoms with Gasteiger partial charge in [0.2, 0.25) is 5.69 Å². The lowest BCUT2D eigenvalue weighted by Gasteiger charge is -2.16. The van der Waals surface area contributed by atoms with Gasteiger partial charge in [-0.25, -0.2) is 9.69 Å². The Labute approximate surface area is 205 Å². The molecule has 0 spiro atoms. The van der Waals surface area contributed by atoms with Crippen LogP contribution in [-0.4, -0.2) is 43.8 Å². The van der Waals surface area contributed by atoms with Crippen LogP contribution >= 0.6 is 0 Å². The Balaban J connectivity index is 0.000000389. The van der Waals surface area contributed by atoms with Crippen molar-refractivity contribution in [3.63, 3.8) is 0 Å². The first-order valence-electron chi connectivity index (χ1n) is 11.4. The highest BCUT2D eigenvalue weighted by Gasteiger charge is 2.42. The van der Waals surface area contributed by atoms with Gasteiger partial charge in [0.25, 0.3) is 0 Å². The van der Waals surface area contributed by atoms with E-state index >= 15 is 0 Å². The van der Waals surface area contributed by atoms with Gasteiger partial charge in [-0.3, -0.25) is 0 Å². The van der Waals surface area contributed by atoms with Crippen molar-refractivity contribution in [3.05, 3.63) is 47.5 Å². The van der Waals surface area contributed by atoms with Gasteiger partial charge in [-0.2, -0.15) is 4.58 Å². The van der Waals surface area contributed by atoms with Gasteiger partial charge in [0.05, 0.1) is 18.9 Å². The molecule has 1 amide bonds. The topological polar surface area (TPSA) is 24.5 Å². The maximum atomic E-state index is 11.8. The van der Waals surface area contributed by atoms with Gasteiger partial charge in [0.15, 0.2) is 5.71 Å². The normalized spacial score (nSPS) is 18.0. The summed E-state index contributed by atoms with van der Waals surface area (Å²) in [6, 6.07) is 13.5. The number of rotatable bonds is 2. The van der Waals surface area contributed by atoms with Gasteiger partial charge in [-0.15, -0.1) is 0 Å². The van der Waals surface area contributed by atoms with Crippen LogP contribution in [0.25, 0.3) is 11.1 Å². The molecule has 1 atom stereocenters. The number of benzene rings is 2. The molecule has 3 nitrogen and oxygen atoms in total. The molecule has 1 N–H and O–H groups in total. The fourth-order valence-corrected chi connectivity index (χ4v) is 4.61. The molecule has 2 aromatic carbocycles. The van der Waals surface area contributed by atoms with E-state index in [1.165, 1.54) is 33.7 Å². The summed E-state index contributed by atoms with van der Waals surface area (Å²) in [7, 11) is -12.0. The van der Waals surface area contributed by atoms with E-state index < -0.39 is 14.5 Å². The Morgan fingerprint density at radius 1 is 0.944 bits per heavy atom. The van der Waals surface area contributed by atoms with Gasteiger partial charge in [-0.05, 0) is 56.2 Å². The first-order valence-corrected chi connectivity index (χ1v) is 11.4. The molecule has 0 aromatic heterocycles. The maximum absolute atomic E-state index is 11.8. The van der Waals surface area contributed by atoms with Gasteiger partial charge >= 0.3 is 20.4 Å². The number of carbonyl (C=O) groups is 1. The van der Waals surface area contributed by atoms with E-state index in [1.54, 1.807) is 6.92 Å². The highest BCUT2D eigenvalue weighted by Crippen LogP contribution is 2.41. The van der Waals surface area contributed by atoms with Crippen LogP contribution in [0.3, 0.4) is 0 Å². The van der Waals surface area contributed by atoms with Crippen LogP contribution < -0.4 is 4.90 Å². The van der Waals surface area contributed by atoms with E-state index in [0.29, 0.717) is 0 Å². The first-order chi connectivity index (χ1) is 16.3. The fraction of sp³-hybridized carbons (Fsp3) is 0.391. The molecule has 1 unspecified atom stereocenters. The van der Waals surface area contributed by atoms with E-state index in [-0.39, 0.29) is 11.3 Å². The van der Waals surface area contributed by atoms with Crippen LogP contribution in [0.1, 0.15) is 45.7 Å². The summed E-state index contributed by atoms with van der Waals surface area (Å²) in [4.78, 5) is 12.8. The highest BCUT2D eigenvalue weighted by molar-refractivity contribution is 6.50. The van der Waals surface area contributed by atoms with E-state index in [0.717, 1.165) is 30.1 Å². The van der Waals surface area contributed by atoms with Crippen LogP contribution in [-0.2, 0) is 16.6 Å². The molecule has 4 rings (SSSR count). The zero-order valence-corrected chi connectivity index (χ0v) is 20.6. The van der Waals surface area contributed by atoms with Gasteiger partial charge in [0.1, 0.15) is 12.2 Å². The lowest BCUT2D eigenvalue weighted by atomic mass is 9.81. The third-order valence-corrected chi connectivity index (χ3v) is 6.42. The molecular formula is C23H28B2F8N2O. The Morgan fingerprint density at radius 2 is 1.44 bits per heavy atom. The van der Waals surface area contributed by atoms with Crippen molar-refractivity contribution in [3.8, 4) is 11.1 Å². The van der Waals surface area contributed by atoms with Crippen molar-refractivity contribution in [1.29, 1.82) is 0 Å². The molecule has 0 radical (unpaired) electrons. The molecule has 2 aliphatic heterocycles. The van der Waals surface area contributed by atoms with Crippen molar-refractivity contribution in [2.75, 3.05) is 13.1 Å². The Kier molecular flexibility index (Phi) is 8.81. The molecule has 0 saturated heterocycles. The molecule has 198 valence electrons. The van der Waals surface area contributed by atoms with E-state index in [2.05, 4.69) is 68.7 Å². The number of halogens is 8. The molecular weight excluding hydrogens is 494 g/mol. The van der Waals surface area contributed by atoms with E-state index in [1.807, 2.05) is 0 Å². The maximum Gasteiger partial charge on any atom is 0.673 e. The number of nitrogens with one attached hydrogen (secondary N) is 1. The van der Waals surface area contributed by atoms with E-state index in [9.17, 15) is 39.3 Å². The largest absolute Gasteiger partial charge is 0.673 e. The molecule has 0 bridgehead atoms. The quantitative estimate of drug-likeness (QED) is 0.293. The number of fused-ring (bicyclic) bond motifs is 2. The summed E-state index contributed by atoms with van der Waals surface area (Å²) in [5.74, 6) is 0.210. The predicted molar refractivity (Wildman–Crippen MR) is 126 cm³/mol. The average molecular weight is 522 g/mol. The summed E-state index contributed by atoms with van der Waals surface area (Å²) in [6.45, 7) is 12.7.